The third-order valence-electron chi connectivity index (χ3n) is 4.91. The van der Waals surface area contributed by atoms with Crippen molar-refractivity contribution in [2.24, 2.45) is 11.3 Å². The van der Waals surface area contributed by atoms with E-state index in [2.05, 4.69) is 19.3 Å². The molecule has 2 aliphatic carbocycles. The van der Waals surface area contributed by atoms with E-state index in [1.54, 1.807) is 11.3 Å². The molecule has 0 aliphatic heterocycles. The van der Waals surface area contributed by atoms with Crippen LogP contribution >= 0.6 is 11.3 Å². The van der Waals surface area contributed by atoms with Crippen molar-refractivity contribution < 1.29 is 9.90 Å². The first-order chi connectivity index (χ1) is 10.4. The predicted octanol–water partition coefficient (Wildman–Crippen LogP) is 3.36. The number of hydrogen-bond donors (Lipinski definition) is 3. The molecule has 0 bridgehead atoms. The molecule has 0 spiro atoms. The molecule has 1 aromatic rings. The molecular formula is C17H24N2O2S. The van der Waals surface area contributed by atoms with Gasteiger partial charge in [0.1, 0.15) is 0 Å². The van der Waals surface area contributed by atoms with Crippen molar-refractivity contribution in [1.82, 2.24) is 5.43 Å². The number of thiophene rings is 1. The molecule has 0 atom stereocenters. The third-order valence-corrected chi connectivity index (χ3v) is 6.26. The fraction of sp³-hybridized carbons (Fsp3) is 0.588. The summed E-state index contributed by atoms with van der Waals surface area (Å²) in [4.78, 5) is 14.2. The van der Waals surface area contributed by atoms with Gasteiger partial charge in [0.05, 0.1) is 5.56 Å². The lowest BCUT2D eigenvalue weighted by Crippen LogP contribution is -2.24. The molecule has 0 saturated heterocycles. The van der Waals surface area contributed by atoms with Crippen LogP contribution in [0.25, 0.3) is 5.57 Å². The number of aromatic carboxylic acids is 1. The standard InChI is InChI=1S/C17H24N2O2S/c1-17(2)7-6-13-12(8-17)14(16(20)21)15(22-13)11-5-3-4-10(11)9-19-18/h19H,3-9,18H2,1-2H3,(H,20,21). The number of fused-ring (bicyclic) bond motifs is 1. The van der Waals surface area contributed by atoms with Crippen LogP contribution in [0.15, 0.2) is 5.57 Å². The van der Waals surface area contributed by atoms with Crippen molar-refractivity contribution in [3.63, 3.8) is 0 Å². The number of allylic oxidation sites excluding steroid dienone is 1. The number of carbonyl (C=O) groups is 1. The molecule has 0 fully saturated rings. The first kappa shape index (κ1) is 15.7. The number of nitrogens with two attached hydrogens (primary N) is 1. The normalized spacial score (nSPS) is 20.3. The molecular weight excluding hydrogens is 296 g/mol. The highest BCUT2D eigenvalue weighted by molar-refractivity contribution is 7.13. The van der Waals surface area contributed by atoms with E-state index in [0.29, 0.717) is 12.1 Å². The Hall–Kier alpha value is -1.17. The highest BCUT2D eigenvalue weighted by Gasteiger charge is 2.34. The molecule has 5 heteroatoms. The topological polar surface area (TPSA) is 75.3 Å². The summed E-state index contributed by atoms with van der Waals surface area (Å²) in [7, 11) is 0. The Balaban J connectivity index is 2.12. The summed E-state index contributed by atoms with van der Waals surface area (Å²) >= 11 is 1.71. The molecule has 22 heavy (non-hydrogen) atoms. The Bertz CT molecular complexity index is 643. The van der Waals surface area contributed by atoms with Gasteiger partial charge in [-0.1, -0.05) is 19.4 Å². The van der Waals surface area contributed by atoms with Crippen LogP contribution in [-0.4, -0.2) is 17.6 Å². The molecule has 120 valence electrons. The SMILES string of the molecule is CC1(C)CCc2sc(C3=C(CNN)CCC3)c(C(=O)O)c2C1. The van der Waals surface area contributed by atoms with Crippen LogP contribution < -0.4 is 11.3 Å². The summed E-state index contributed by atoms with van der Waals surface area (Å²) in [6, 6.07) is 0. The van der Waals surface area contributed by atoms with Crippen molar-refractivity contribution >= 4 is 22.9 Å². The molecule has 0 saturated carbocycles. The summed E-state index contributed by atoms with van der Waals surface area (Å²) in [5.74, 6) is 4.71. The Morgan fingerprint density at radius 3 is 2.82 bits per heavy atom. The number of carboxylic acid groups (broad SMARTS) is 1. The molecule has 4 N–H and O–H groups in total. The minimum atomic E-state index is -0.773. The zero-order valence-corrected chi connectivity index (χ0v) is 14.1. The fourth-order valence-electron chi connectivity index (χ4n) is 3.76. The van der Waals surface area contributed by atoms with Crippen LogP contribution in [-0.2, 0) is 12.8 Å². The second-order valence-electron chi connectivity index (χ2n) is 7.17. The number of nitrogens with one attached hydrogen (secondary N) is 1. The molecule has 3 rings (SSSR count). The van der Waals surface area contributed by atoms with Crippen LogP contribution in [0.5, 0.6) is 0 Å². The van der Waals surface area contributed by atoms with Crippen molar-refractivity contribution in [2.45, 2.75) is 52.4 Å². The molecule has 4 nitrogen and oxygen atoms in total. The van der Waals surface area contributed by atoms with E-state index in [1.807, 2.05) is 0 Å². The van der Waals surface area contributed by atoms with Gasteiger partial charge in [0.25, 0.3) is 0 Å². The summed E-state index contributed by atoms with van der Waals surface area (Å²) in [6.07, 6.45) is 6.10. The van der Waals surface area contributed by atoms with Crippen molar-refractivity contribution in [3.05, 3.63) is 26.5 Å². The molecule has 2 aliphatic rings. The number of rotatable bonds is 4. The van der Waals surface area contributed by atoms with E-state index in [4.69, 9.17) is 5.84 Å². The fourth-order valence-corrected chi connectivity index (χ4v) is 5.19. The summed E-state index contributed by atoms with van der Waals surface area (Å²) < 4.78 is 0. The molecule has 1 aromatic heterocycles. The quantitative estimate of drug-likeness (QED) is 0.587. The number of aryl methyl sites for hydroxylation is 1. The maximum atomic E-state index is 11.9. The van der Waals surface area contributed by atoms with E-state index in [0.717, 1.165) is 49.0 Å². The number of carboxylic acids is 1. The molecule has 0 amide bonds. The first-order valence-corrected chi connectivity index (χ1v) is 8.77. The van der Waals surface area contributed by atoms with Gasteiger partial charge in [-0.2, -0.15) is 0 Å². The maximum absolute atomic E-state index is 11.9. The molecule has 0 radical (unpaired) electrons. The highest BCUT2D eigenvalue weighted by atomic mass is 32.1. The Morgan fingerprint density at radius 1 is 1.36 bits per heavy atom. The third kappa shape index (κ3) is 2.73. The summed E-state index contributed by atoms with van der Waals surface area (Å²) in [6.45, 7) is 5.12. The maximum Gasteiger partial charge on any atom is 0.337 e. The van der Waals surface area contributed by atoms with Gasteiger partial charge in [0.2, 0.25) is 0 Å². The highest BCUT2D eigenvalue weighted by Crippen LogP contribution is 2.46. The lowest BCUT2D eigenvalue weighted by atomic mass is 9.76. The second kappa shape index (κ2) is 5.80. The Morgan fingerprint density at radius 2 is 2.14 bits per heavy atom. The molecule has 0 unspecified atom stereocenters. The van der Waals surface area contributed by atoms with Gasteiger partial charge >= 0.3 is 5.97 Å². The zero-order valence-electron chi connectivity index (χ0n) is 13.3. The largest absolute Gasteiger partial charge is 0.478 e. The van der Waals surface area contributed by atoms with Gasteiger partial charge in [-0.25, -0.2) is 4.79 Å². The lowest BCUT2D eigenvalue weighted by Gasteiger charge is -2.29. The smallest absolute Gasteiger partial charge is 0.337 e. The van der Waals surface area contributed by atoms with Crippen molar-refractivity contribution in [1.29, 1.82) is 0 Å². The van der Waals surface area contributed by atoms with Gasteiger partial charge in [-0.15, -0.1) is 11.3 Å². The van der Waals surface area contributed by atoms with Crippen LogP contribution in [0.4, 0.5) is 0 Å². The Labute approximate surface area is 135 Å². The van der Waals surface area contributed by atoms with Gasteiger partial charge in [0, 0.05) is 16.3 Å². The van der Waals surface area contributed by atoms with Gasteiger partial charge in [-0.3, -0.25) is 11.3 Å². The van der Waals surface area contributed by atoms with E-state index in [9.17, 15) is 9.90 Å². The zero-order chi connectivity index (χ0) is 15.9. The number of hydrogen-bond acceptors (Lipinski definition) is 4. The summed E-state index contributed by atoms with van der Waals surface area (Å²) in [5, 5.41) is 9.80. The van der Waals surface area contributed by atoms with E-state index >= 15 is 0 Å². The van der Waals surface area contributed by atoms with Crippen LogP contribution in [0, 0.1) is 5.41 Å². The van der Waals surface area contributed by atoms with Crippen LogP contribution in [0.2, 0.25) is 0 Å². The van der Waals surface area contributed by atoms with Gasteiger partial charge < -0.3 is 5.11 Å². The van der Waals surface area contributed by atoms with Crippen LogP contribution in [0.1, 0.15) is 65.2 Å². The predicted molar refractivity (Wildman–Crippen MR) is 90.0 cm³/mol. The number of hydrazine groups is 1. The second-order valence-corrected chi connectivity index (χ2v) is 8.28. The van der Waals surface area contributed by atoms with E-state index in [-0.39, 0.29) is 5.41 Å². The monoisotopic (exact) mass is 320 g/mol. The lowest BCUT2D eigenvalue weighted by molar-refractivity contribution is 0.0695. The van der Waals surface area contributed by atoms with E-state index in [1.165, 1.54) is 16.0 Å². The minimum absolute atomic E-state index is 0.196. The molecule has 1 heterocycles. The average Bonchev–Trinajstić information content (AvgIpc) is 3.01. The molecule has 0 aromatic carbocycles. The minimum Gasteiger partial charge on any atom is -0.478 e. The van der Waals surface area contributed by atoms with Gasteiger partial charge in [0.15, 0.2) is 0 Å². The van der Waals surface area contributed by atoms with Crippen LogP contribution in [0.3, 0.4) is 0 Å². The van der Waals surface area contributed by atoms with Crippen molar-refractivity contribution in [2.75, 3.05) is 6.54 Å². The first-order valence-electron chi connectivity index (χ1n) is 7.95. The summed E-state index contributed by atoms with van der Waals surface area (Å²) in [5.41, 5.74) is 7.09. The van der Waals surface area contributed by atoms with E-state index < -0.39 is 5.97 Å². The van der Waals surface area contributed by atoms with Gasteiger partial charge in [-0.05, 0) is 55.1 Å². The average molecular weight is 320 g/mol. The Kier molecular flexibility index (Phi) is 4.14. The van der Waals surface area contributed by atoms with Crippen molar-refractivity contribution in [3.8, 4) is 0 Å².